The maximum absolute atomic E-state index is 13.3. The Morgan fingerprint density at radius 3 is 2.18 bits per heavy atom. The van der Waals surface area contributed by atoms with Gasteiger partial charge in [-0.3, -0.25) is 19.5 Å². The Hall–Kier alpha value is -3.72. The fraction of sp³-hybridized carbons (Fsp3) is 0.345. The number of carbonyl (C=O) groups is 2. The molecular formula is C29H29F3N4O2. The van der Waals surface area contributed by atoms with Gasteiger partial charge in [-0.1, -0.05) is 12.1 Å². The number of carbonyl (C=O) groups excluding carboxylic acids is 2. The molecule has 198 valence electrons. The van der Waals surface area contributed by atoms with E-state index in [2.05, 4.69) is 10.3 Å². The lowest BCUT2D eigenvalue weighted by Gasteiger charge is -2.34. The van der Waals surface area contributed by atoms with Crippen molar-refractivity contribution < 1.29 is 22.8 Å². The molecule has 0 spiro atoms. The maximum atomic E-state index is 13.3. The molecule has 0 atom stereocenters. The quantitative estimate of drug-likeness (QED) is 0.493. The van der Waals surface area contributed by atoms with Crippen LogP contribution in [0.2, 0.25) is 0 Å². The van der Waals surface area contributed by atoms with Crippen LogP contribution in [0.1, 0.15) is 45.9 Å². The predicted molar refractivity (Wildman–Crippen MR) is 138 cm³/mol. The molecule has 0 bridgehead atoms. The second-order valence-corrected chi connectivity index (χ2v) is 9.87. The average Bonchev–Trinajstić information content (AvgIpc) is 2.89. The number of halogens is 3. The van der Waals surface area contributed by atoms with Gasteiger partial charge in [-0.15, -0.1) is 0 Å². The largest absolute Gasteiger partial charge is 0.416 e. The van der Waals surface area contributed by atoms with Crippen LogP contribution < -0.4 is 10.2 Å². The second-order valence-electron chi connectivity index (χ2n) is 9.87. The van der Waals surface area contributed by atoms with E-state index < -0.39 is 11.7 Å². The van der Waals surface area contributed by atoms with E-state index in [9.17, 15) is 22.8 Å². The molecule has 2 aromatic carbocycles. The third kappa shape index (κ3) is 5.29. The molecular weight excluding hydrogens is 493 g/mol. The molecule has 0 unspecified atom stereocenters. The number of nitrogens with zero attached hydrogens (tertiary/aromatic N) is 3. The van der Waals surface area contributed by atoms with Crippen LogP contribution in [0.15, 0.2) is 66.9 Å². The van der Waals surface area contributed by atoms with Crippen molar-refractivity contribution in [1.82, 2.24) is 15.2 Å². The fourth-order valence-corrected chi connectivity index (χ4v) is 5.04. The SMILES string of the molecule is Cc1ncccc1N(C(=O)C1CNC1)c1ccc(C2CCN(C(=O)c3ccc(C(F)(F)F)cc3)CC2)cc1. The summed E-state index contributed by atoms with van der Waals surface area (Å²) >= 11 is 0. The van der Waals surface area contributed by atoms with Crippen molar-refractivity contribution in [2.24, 2.45) is 5.92 Å². The molecule has 2 aliphatic rings. The van der Waals surface area contributed by atoms with Gasteiger partial charge in [0.2, 0.25) is 5.91 Å². The van der Waals surface area contributed by atoms with Gasteiger partial charge in [-0.2, -0.15) is 13.2 Å². The zero-order valence-electron chi connectivity index (χ0n) is 21.0. The summed E-state index contributed by atoms with van der Waals surface area (Å²) in [6.07, 6.45) is -1.21. The Bertz CT molecular complexity index is 1300. The number of amides is 2. The highest BCUT2D eigenvalue weighted by molar-refractivity contribution is 6.03. The average molecular weight is 523 g/mol. The van der Waals surface area contributed by atoms with Crippen molar-refractivity contribution in [3.63, 3.8) is 0 Å². The Kier molecular flexibility index (Phi) is 7.21. The molecule has 2 amide bonds. The number of rotatable bonds is 5. The molecule has 2 saturated heterocycles. The lowest BCUT2D eigenvalue weighted by molar-refractivity contribution is -0.137. The van der Waals surface area contributed by atoms with Crippen LogP contribution in [0.25, 0.3) is 0 Å². The first-order chi connectivity index (χ1) is 18.2. The molecule has 3 aromatic rings. The highest BCUT2D eigenvalue weighted by atomic mass is 19.4. The van der Waals surface area contributed by atoms with E-state index in [0.717, 1.165) is 47.6 Å². The lowest BCUT2D eigenvalue weighted by Crippen LogP contribution is -2.51. The number of alkyl halides is 3. The van der Waals surface area contributed by atoms with Gasteiger partial charge in [-0.05, 0) is 79.8 Å². The van der Waals surface area contributed by atoms with Gasteiger partial charge in [0.15, 0.2) is 0 Å². The number of benzene rings is 2. The van der Waals surface area contributed by atoms with Crippen LogP contribution in [-0.4, -0.2) is 47.9 Å². The summed E-state index contributed by atoms with van der Waals surface area (Å²) in [7, 11) is 0. The summed E-state index contributed by atoms with van der Waals surface area (Å²) in [6, 6.07) is 16.1. The third-order valence-electron chi connectivity index (χ3n) is 7.44. The molecule has 1 N–H and O–H groups in total. The molecule has 2 fully saturated rings. The topological polar surface area (TPSA) is 65.5 Å². The van der Waals surface area contributed by atoms with Crippen molar-refractivity contribution in [2.45, 2.75) is 31.9 Å². The van der Waals surface area contributed by atoms with Gasteiger partial charge >= 0.3 is 6.18 Å². The number of anilines is 2. The first-order valence-corrected chi connectivity index (χ1v) is 12.7. The highest BCUT2D eigenvalue weighted by Crippen LogP contribution is 2.34. The normalized spacial score (nSPS) is 16.7. The van der Waals surface area contributed by atoms with E-state index in [1.54, 1.807) is 16.0 Å². The minimum Gasteiger partial charge on any atom is -0.339 e. The standard InChI is InChI=1S/C29H29F3N4O2/c1-19-26(3-2-14-34-19)36(28(38)23-17-33-18-23)25-10-6-20(7-11-25)21-12-15-35(16-13-21)27(37)22-4-8-24(9-5-22)29(30,31)32/h2-11,14,21,23,33H,12-13,15-18H2,1H3. The number of hydrogen-bond donors (Lipinski definition) is 1. The van der Waals surface area contributed by atoms with Crippen molar-refractivity contribution in [3.8, 4) is 0 Å². The minimum atomic E-state index is -4.43. The third-order valence-corrected chi connectivity index (χ3v) is 7.44. The Morgan fingerprint density at radius 2 is 1.63 bits per heavy atom. The summed E-state index contributed by atoms with van der Waals surface area (Å²) < 4.78 is 38.5. The van der Waals surface area contributed by atoms with Gasteiger partial charge in [0.25, 0.3) is 5.91 Å². The number of nitrogens with one attached hydrogen (secondary N) is 1. The number of pyridine rings is 1. The van der Waals surface area contributed by atoms with Crippen LogP contribution in [0.3, 0.4) is 0 Å². The summed E-state index contributed by atoms with van der Waals surface area (Å²) in [4.78, 5) is 34.0. The molecule has 0 aliphatic carbocycles. The highest BCUT2D eigenvalue weighted by Gasteiger charge is 2.33. The van der Waals surface area contributed by atoms with Gasteiger partial charge in [0.05, 0.1) is 22.9 Å². The van der Waals surface area contributed by atoms with Crippen molar-refractivity contribution >= 4 is 23.2 Å². The van der Waals surface area contributed by atoms with E-state index in [4.69, 9.17) is 0 Å². The molecule has 1 aromatic heterocycles. The van der Waals surface area contributed by atoms with Crippen LogP contribution in [-0.2, 0) is 11.0 Å². The number of hydrogen-bond acceptors (Lipinski definition) is 4. The fourth-order valence-electron chi connectivity index (χ4n) is 5.04. The van der Waals surface area contributed by atoms with Gasteiger partial charge < -0.3 is 10.2 Å². The first kappa shape index (κ1) is 25.9. The number of piperidine rings is 1. The molecule has 3 heterocycles. The van der Waals surface area contributed by atoms with Gasteiger partial charge in [0, 0.05) is 43.6 Å². The first-order valence-electron chi connectivity index (χ1n) is 12.7. The van der Waals surface area contributed by atoms with Crippen molar-refractivity contribution in [3.05, 3.63) is 89.2 Å². The Morgan fingerprint density at radius 1 is 0.974 bits per heavy atom. The summed E-state index contributed by atoms with van der Waals surface area (Å²) in [5.74, 6) is -0.0247. The molecule has 5 rings (SSSR count). The molecule has 9 heteroatoms. The van der Waals surface area contributed by atoms with Crippen molar-refractivity contribution in [2.75, 3.05) is 31.1 Å². The molecule has 38 heavy (non-hydrogen) atoms. The van der Waals surface area contributed by atoms with Crippen LogP contribution >= 0.6 is 0 Å². The second kappa shape index (κ2) is 10.6. The van der Waals surface area contributed by atoms with Crippen molar-refractivity contribution in [1.29, 1.82) is 0 Å². The number of likely N-dealkylation sites (tertiary alicyclic amines) is 1. The van der Waals surface area contributed by atoms with E-state index in [1.807, 2.05) is 43.3 Å². The van der Waals surface area contributed by atoms with E-state index in [1.165, 1.54) is 12.1 Å². The Balaban J connectivity index is 1.26. The molecule has 2 aliphatic heterocycles. The summed E-state index contributed by atoms with van der Waals surface area (Å²) in [6.45, 7) is 4.27. The van der Waals surface area contributed by atoms with E-state index >= 15 is 0 Å². The van der Waals surface area contributed by atoms with E-state index in [0.29, 0.717) is 26.2 Å². The predicted octanol–water partition coefficient (Wildman–Crippen LogP) is 5.31. The smallest absolute Gasteiger partial charge is 0.339 e. The molecule has 6 nitrogen and oxygen atoms in total. The monoisotopic (exact) mass is 522 g/mol. The number of aryl methyl sites for hydroxylation is 1. The maximum Gasteiger partial charge on any atom is 0.416 e. The van der Waals surface area contributed by atoms with Crippen LogP contribution in [0.5, 0.6) is 0 Å². The molecule has 0 saturated carbocycles. The number of aromatic nitrogens is 1. The zero-order chi connectivity index (χ0) is 26.9. The zero-order valence-corrected chi connectivity index (χ0v) is 21.0. The summed E-state index contributed by atoms with van der Waals surface area (Å²) in [5.41, 5.74) is 2.97. The Labute approximate surface area is 219 Å². The van der Waals surface area contributed by atoms with Crippen LogP contribution in [0, 0.1) is 12.8 Å². The minimum absolute atomic E-state index is 0.0442. The van der Waals surface area contributed by atoms with Gasteiger partial charge in [-0.25, -0.2) is 0 Å². The van der Waals surface area contributed by atoms with E-state index in [-0.39, 0.29) is 29.2 Å². The van der Waals surface area contributed by atoms with Crippen LogP contribution in [0.4, 0.5) is 24.5 Å². The molecule has 0 radical (unpaired) electrons. The van der Waals surface area contributed by atoms with Gasteiger partial charge in [0.1, 0.15) is 0 Å². The summed E-state index contributed by atoms with van der Waals surface area (Å²) in [5, 5.41) is 3.16. The lowest BCUT2D eigenvalue weighted by atomic mass is 9.89.